The minimum atomic E-state index is -4.42. The second-order valence-electron chi connectivity index (χ2n) is 4.31. The third kappa shape index (κ3) is 4.00. The van der Waals surface area contributed by atoms with E-state index in [2.05, 4.69) is 0 Å². The lowest BCUT2D eigenvalue weighted by Crippen LogP contribution is -2.30. The van der Waals surface area contributed by atoms with E-state index in [9.17, 15) is 21.6 Å². The highest BCUT2D eigenvalue weighted by atomic mass is 35.5. The molecule has 0 amide bonds. The fourth-order valence-electron chi connectivity index (χ4n) is 1.41. The second-order valence-corrected chi connectivity index (χ2v) is 6.76. The Kier molecular flexibility index (Phi) is 4.94. The first-order valence-corrected chi connectivity index (χ1v) is 7.35. The largest absolute Gasteiger partial charge is 0.398 e. The van der Waals surface area contributed by atoms with Gasteiger partial charge >= 0.3 is 6.18 Å². The Morgan fingerprint density at radius 1 is 1.35 bits per heavy atom. The molecule has 0 heterocycles. The number of halogens is 4. The minimum Gasteiger partial charge on any atom is -0.398 e. The highest BCUT2D eigenvalue weighted by molar-refractivity contribution is 7.89. The van der Waals surface area contributed by atoms with Gasteiger partial charge in [-0.25, -0.2) is 12.7 Å². The van der Waals surface area contributed by atoms with Crippen molar-refractivity contribution < 1.29 is 21.6 Å². The van der Waals surface area contributed by atoms with Gasteiger partial charge in [0.25, 0.3) is 0 Å². The number of nitrogens with two attached hydrogens (primary N) is 1. The fraction of sp³-hybridized carbons (Fsp3) is 0.455. The van der Waals surface area contributed by atoms with Crippen molar-refractivity contribution in [1.82, 2.24) is 4.31 Å². The predicted octanol–water partition coefficient (Wildman–Crippen LogP) is 2.80. The molecule has 1 aromatic carbocycles. The first-order chi connectivity index (χ1) is 8.95. The highest BCUT2D eigenvalue weighted by Crippen LogP contribution is 2.28. The lowest BCUT2D eigenvalue weighted by atomic mass is 10.2. The van der Waals surface area contributed by atoms with E-state index in [1.807, 2.05) is 0 Å². The predicted molar refractivity (Wildman–Crippen MR) is 71.1 cm³/mol. The first-order valence-electron chi connectivity index (χ1n) is 5.54. The van der Waals surface area contributed by atoms with Crippen molar-refractivity contribution in [2.75, 3.05) is 19.3 Å². The molecule has 0 aromatic heterocycles. The molecular weight excluding hydrogens is 317 g/mol. The number of benzene rings is 1. The molecule has 9 heteroatoms. The van der Waals surface area contributed by atoms with Gasteiger partial charge in [0.2, 0.25) is 10.0 Å². The van der Waals surface area contributed by atoms with Crippen molar-refractivity contribution in [2.24, 2.45) is 0 Å². The number of sulfonamides is 1. The van der Waals surface area contributed by atoms with E-state index >= 15 is 0 Å². The Bertz CT molecular complexity index is 579. The minimum absolute atomic E-state index is 0.146. The molecule has 1 aromatic rings. The quantitative estimate of drug-likeness (QED) is 0.863. The smallest absolute Gasteiger partial charge is 0.390 e. The van der Waals surface area contributed by atoms with Crippen LogP contribution in [0.2, 0.25) is 5.02 Å². The molecule has 2 N–H and O–H groups in total. The Balaban J connectivity index is 3.05. The van der Waals surface area contributed by atoms with Crippen molar-refractivity contribution in [2.45, 2.75) is 24.4 Å². The van der Waals surface area contributed by atoms with Crippen molar-refractivity contribution in [3.8, 4) is 0 Å². The number of anilines is 1. The monoisotopic (exact) mass is 330 g/mol. The number of hydrogen-bond acceptors (Lipinski definition) is 3. The van der Waals surface area contributed by atoms with Crippen LogP contribution in [0.3, 0.4) is 0 Å². The Morgan fingerprint density at radius 3 is 2.35 bits per heavy atom. The zero-order chi connectivity index (χ0) is 15.7. The summed E-state index contributed by atoms with van der Waals surface area (Å²) in [6.07, 6.45) is -5.65. The molecule has 0 aliphatic rings. The summed E-state index contributed by atoms with van der Waals surface area (Å²) in [5.41, 5.74) is 6.30. The van der Waals surface area contributed by atoms with Gasteiger partial charge in [-0.1, -0.05) is 11.6 Å². The number of nitrogens with zero attached hydrogens (tertiary/aromatic N) is 1. The summed E-state index contributed by atoms with van der Waals surface area (Å²) in [6.45, 7) is 0.943. The summed E-state index contributed by atoms with van der Waals surface area (Å²) in [7, 11) is -2.98. The third-order valence-corrected chi connectivity index (χ3v) is 5.00. The number of alkyl halides is 3. The molecule has 0 spiro atoms. The van der Waals surface area contributed by atoms with Gasteiger partial charge in [-0.05, 0) is 24.6 Å². The maximum atomic E-state index is 12.1. The van der Waals surface area contributed by atoms with Crippen molar-refractivity contribution in [1.29, 1.82) is 0 Å². The zero-order valence-corrected chi connectivity index (χ0v) is 12.4. The molecule has 1 rings (SSSR count). The topological polar surface area (TPSA) is 63.4 Å². The molecule has 0 bridgehead atoms. The van der Waals surface area contributed by atoms with Crippen LogP contribution in [-0.4, -0.2) is 32.5 Å². The van der Waals surface area contributed by atoms with E-state index < -0.39 is 29.2 Å². The van der Waals surface area contributed by atoms with E-state index in [1.165, 1.54) is 12.1 Å². The summed E-state index contributed by atoms with van der Waals surface area (Å²) in [5, 5.41) is 0.146. The average molecular weight is 331 g/mol. The van der Waals surface area contributed by atoms with Gasteiger partial charge in [-0.2, -0.15) is 13.2 Å². The molecular formula is C11H14ClF3N2O2S. The van der Waals surface area contributed by atoms with Gasteiger partial charge in [0.15, 0.2) is 0 Å². The van der Waals surface area contributed by atoms with E-state index in [1.54, 1.807) is 6.92 Å². The fourth-order valence-corrected chi connectivity index (χ4v) is 2.93. The first kappa shape index (κ1) is 17.1. The molecule has 0 radical (unpaired) electrons. The van der Waals surface area contributed by atoms with Crippen LogP contribution in [0.15, 0.2) is 17.0 Å². The van der Waals surface area contributed by atoms with Crippen LogP contribution < -0.4 is 5.73 Å². The molecule has 0 aliphatic heterocycles. The van der Waals surface area contributed by atoms with Gasteiger partial charge in [0.05, 0.1) is 11.3 Å². The van der Waals surface area contributed by atoms with Crippen LogP contribution in [0.4, 0.5) is 18.9 Å². The summed E-state index contributed by atoms with van der Waals surface area (Å²) in [5.74, 6) is 0. The second kappa shape index (κ2) is 5.79. The molecule has 0 aliphatic carbocycles. The molecule has 4 nitrogen and oxygen atoms in total. The highest BCUT2D eigenvalue weighted by Gasteiger charge is 2.30. The standard InChI is InChI=1S/C11H14ClF3N2O2S/c1-7-9(12)5-8(6-10(7)16)20(18,19)17(2)4-3-11(13,14)15/h5-6H,3-4,16H2,1-2H3. The average Bonchev–Trinajstić information content (AvgIpc) is 2.31. The van der Waals surface area contributed by atoms with E-state index in [0.29, 0.717) is 9.87 Å². The van der Waals surface area contributed by atoms with Gasteiger partial charge < -0.3 is 5.73 Å². The summed E-state index contributed by atoms with van der Waals surface area (Å²) in [4.78, 5) is -0.227. The normalized spacial score (nSPS) is 12.9. The lowest BCUT2D eigenvalue weighted by molar-refractivity contribution is -0.135. The van der Waals surface area contributed by atoms with Crippen molar-refractivity contribution in [3.05, 3.63) is 22.7 Å². The molecule has 0 atom stereocenters. The number of hydrogen-bond donors (Lipinski definition) is 1. The molecule has 0 saturated carbocycles. The van der Waals surface area contributed by atoms with Crippen LogP contribution in [0.1, 0.15) is 12.0 Å². The van der Waals surface area contributed by atoms with E-state index in [-0.39, 0.29) is 15.6 Å². The van der Waals surface area contributed by atoms with Crippen molar-refractivity contribution in [3.63, 3.8) is 0 Å². The SMILES string of the molecule is Cc1c(N)cc(S(=O)(=O)N(C)CCC(F)(F)F)cc1Cl. The number of rotatable bonds is 4. The maximum Gasteiger partial charge on any atom is 0.390 e. The van der Waals surface area contributed by atoms with Crippen LogP contribution in [0.5, 0.6) is 0 Å². The lowest BCUT2D eigenvalue weighted by Gasteiger charge is -2.19. The Hall–Kier alpha value is -0.990. The van der Waals surface area contributed by atoms with Gasteiger partial charge in [0.1, 0.15) is 0 Å². The molecule has 20 heavy (non-hydrogen) atoms. The molecule has 0 fully saturated rings. The summed E-state index contributed by atoms with van der Waals surface area (Å²) >= 11 is 5.84. The van der Waals surface area contributed by atoms with Crippen molar-refractivity contribution >= 4 is 27.3 Å². The van der Waals surface area contributed by atoms with Gasteiger partial charge in [-0.3, -0.25) is 0 Å². The summed E-state index contributed by atoms with van der Waals surface area (Å²) < 4.78 is 61.2. The molecule has 0 unspecified atom stereocenters. The Labute approximate surface area is 120 Å². The molecule has 114 valence electrons. The summed E-state index contributed by atoms with van der Waals surface area (Å²) in [6, 6.07) is 2.35. The van der Waals surface area contributed by atoms with Crippen LogP contribution >= 0.6 is 11.6 Å². The van der Waals surface area contributed by atoms with Crippen LogP contribution in [0.25, 0.3) is 0 Å². The van der Waals surface area contributed by atoms with Gasteiger partial charge in [-0.15, -0.1) is 0 Å². The third-order valence-electron chi connectivity index (χ3n) is 2.78. The maximum absolute atomic E-state index is 12.1. The van der Waals surface area contributed by atoms with E-state index in [4.69, 9.17) is 17.3 Å². The molecule has 0 saturated heterocycles. The van der Waals surface area contributed by atoms with Crippen LogP contribution in [0, 0.1) is 6.92 Å². The number of nitrogen functional groups attached to an aromatic ring is 1. The van der Waals surface area contributed by atoms with Gasteiger partial charge in [0, 0.05) is 24.3 Å². The Morgan fingerprint density at radius 2 is 1.90 bits per heavy atom. The zero-order valence-electron chi connectivity index (χ0n) is 10.8. The van der Waals surface area contributed by atoms with Crippen LogP contribution in [-0.2, 0) is 10.0 Å². The van der Waals surface area contributed by atoms with E-state index in [0.717, 1.165) is 7.05 Å².